The summed E-state index contributed by atoms with van der Waals surface area (Å²) in [6, 6.07) is 11.5. The highest BCUT2D eigenvalue weighted by Crippen LogP contribution is 2.43. The van der Waals surface area contributed by atoms with Crippen LogP contribution in [-0.2, 0) is 0 Å². The normalized spacial score (nSPS) is 17.1. The van der Waals surface area contributed by atoms with Crippen LogP contribution in [0.2, 0.25) is 0 Å². The van der Waals surface area contributed by atoms with Crippen LogP contribution in [0.5, 0.6) is 0 Å². The zero-order valence-electron chi connectivity index (χ0n) is 12.5. The summed E-state index contributed by atoms with van der Waals surface area (Å²) in [5.74, 6) is 3.14. The van der Waals surface area contributed by atoms with Crippen LogP contribution in [0.25, 0.3) is 0 Å². The minimum absolute atomic E-state index is 0.0700. The quantitative estimate of drug-likeness (QED) is 0.885. The number of thioether (sulfide) groups is 2. The lowest BCUT2D eigenvalue weighted by Gasteiger charge is -2.21. The van der Waals surface area contributed by atoms with Gasteiger partial charge in [0.05, 0.1) is 16.9 Å². The van der Waals surface area contributed by atoms with Gasteiger partial charge in [0, 0.05) is 5.56 Å². The first-order valence-corrected chi connectivity index (χ1v) is 9.51. The molecular formula is C17H19NO2S2. The van der Waals surface area contributed by atoms with Crippen LogP contribution in [0.3, 0.4) is 0 Å². The molecule has 1 N–H and O–H groups in total. The van der Waals surface area contributed by atoms with Crippen molar-refractivity contribution in [2.24, 2.45) is 0 Å². The number of rotatable bonds is 4. The Morgan fingerprint density at radius 3 is 2.59 bits per heavy atom. The Hall–Kier alpha value is -1.33. The number of nitrogens with one attached hydrogen (secondary N) is 1. The molecular weight excluding hydrogens is 314 g/mol. The first kappa shape index (κ1) is 15.6. The largest absolute Gasteiger partial charge is 0.467 e. The van der Waals surface area contributed by atoms with Gasteiger partial charge in [0.2, 0.25) is 0 Å². The van der Waals surface area contributed by atoms with Crippen molar-refractivity contribution in [2.75, 3.05) is 11.5 Å². The topological polar surface area (TPSA) is 42.2 Å². The summed E-state index contributed by atoms with van der Waals surface area (Å²) in [6.45, 7) is 1.92. The molecule has 0 spiro atoms. The van der Waals surface area contributed by atoms with E-state index in [1.807, 2.05) is 54.7 Å². The Morgan fingerprint density at radius 1 is 1.23 bits per heavy atom. The highest BCUT2D eigenvalue weighted by Gasteiger charge is 2.18. The smallest absolute Gasteiger partial charge is 0.251 e. The van der Waals surface area contributed by atoms with Crippen LogP contribution in [0, 0.1) is 0 Å². The van der Waals surface area contributed by atoms with Gasteiger partial charge >= 0.3 is 0 Å². The molecule has 22 heavy (non-hydrogen) atoms. The summed E-state index contributed by atoms with van der Waals surface area (Å²) in [6.07, 6.45) is 2.91. The number of carbonyl (C=O) groups excluding carboxylic acids is 1. The first-order valence-electron chi connectivity index (χ1n) is 7.41. The van der Waals surface area contributed by atoms with Crippen LogP contribution in [0.15, 0.2) is 47.1 Å². The highest BCUT2D eigenvalue weighted by molar-refractivity contribution is 8.16. The van der Waals surface area contributed by atoms with Crippen molar-refractivity contribution in [1.82, 2.24) is 5.32 Å². The fraction of sp³-hybridized carbons (Fsp3) is 0.353. The zero-order valence-corrected chi connectivity index (χ0v) is 14.1. The average molecular weight is 333 g/mol. The first-order chi connectivity index (χ1) is 10.7. The van der Waals surface area contributed by atoms with Gasteiger partial charge in [0.1, 0.15) is 5.76 Å². The molecule has 1 saturated heterocycles. The minimum atomic E-state index is -0.133. The van der Waals surface area contributed by atoms with Gasteiger partial charge in [0.25, 0.3) is 5.91 Å². The SMILES string of the molecule is CC(NC(=O)c1ccc(C2SCCCS2)cc1)c1ccco1. The van der Waals surface area contributed by atoms with Crippen LogP contribution >= 0.6 is 23.5 Å². The Labute approximate surface area is 139 Å². The van der Waals surface area contributed by atoms with Crippen molar-refractivity contribution >= 4 is 29.4 Å². The van der Waals surface area contributed by atoms with Gasteiger partial charge < -0.3 is 9.73 Å². The van der Waals surface area contributed by atoms with Crippen LogP contribution in [0.1, 0.15) is 45.7 Å². The molecule has 1 unspecified atom stereocenters. The lowest BCUT2D eigenvalue weighted by Crippen LogP contribution is -2.26. The van der Waals surface area contributed by atoms with Crippen LogP contribution < -0.4 is 5.32 Å². The molecule has 3 rings (SSSR count). The molecule has 1 aromatic heterocycles. The fourth-order valence-corrected chi connectivity index (χ4v) is 5.25. The van der Waals surface area contributed by atoms with Crippen molar-refractivity contribution in [3.05, 3.63) is 59.5 Å². The number of benzene rings is 1. The number of furan rings is 1. The van der Waals surface area contributed by atoms with Crippen molar-refractivity contribution in [2.45, 2.75) is 24.0 Å². The molecule has 1 amide bonds. The highest BCUT2D eigenvalue weighted by atomic mass is 32.2. The van der Waals surface area contributed by atoms with Crippen LogP contribution in [0.4, 0.5) is 0 Å². The monoisotopic (exact) mass is 333 g/mol. The Balaban J connectivity index is 1.63. The molecule has 1 atom stereocenters. The summed E-state index contributed by atoms with van der Waals surface area (Å²) in [5.41, 5.74) is 1.98. The predicted molar refractivity (Wildman–Crippen MR) is 93.3 cm³/mol. The van der Waals surface area contributed by atoms with Crippen molar-refractivity contribution in [1.29, 1.82) is 0 Å². The molecule has 5 heteroatoms. The third-order valence-corrected chi connectivity index (χ3v) is 6.60. The molecule has 0 saturated carbocycles. The standard InChI is InChI=1S/C17H19NO2S2/c1-12(15-4-2-9-20-15)18-16(19)13-5-7-14(8-6-13)17-21-10-3-11-22-17/h2,4-9,12,17H,3,10-11H2,1H3,(H,18,19). The van der Waals surface area contributed by atoms with E-state index in [4.69, 9.17) is 4.42 Å². The zero-order chi connectivity index (χ0) is 15.4. The summed E-state index contributed by atoms with van der Waals surface area (Å²) in [4.78, 5) is 12.3. The van der Waals surface area contributed by atoms with E-state index in [1.165, 1.54) is 23.5 Å². The van der Waals surface area contributed by atoms with E-state index in [-0.39, 0.29) is 11.9 Å². The summed E-state index contributed by atoms with van der Waals surface area (Å²) in [5, 5.41) is 2.95. The molecule has 3 nitrogen and oxygen atoms in total. The van der Waals surface area contributed by atoms with E-state index in [9.17, 15) is 4.79 Å². The van der Waals surface area contributed by atoms with Gasteiger partial charge in [-0.25, -0.2) is 0 Å². The van der Waals surface area contributed by atoms with Gasteiger partial charge in [-0.3, -0.25) is 4.79 Å². The van der Waals surface area contributed by atoms with E-state index < -0.39 is 0 Å². The second kappa shape index (κ2) is 7.29. The third-order valence-electron chi connectivity index (χ3n) is 3.59. The van der Waals surface area contributed by atoms with E-state index in [0.717, 1.165) is 5.76 Å². The lowest BCUT2D eigenvalue weighted by atomic mass is 10.1. The van der Waals surface area contributed by atoms with Crippen molar-refractivity contribution in [3.63, 3.8) is 0 Å². The van der Waals surface area contributed by atoms with Gasteiger partial charge in [-0.15, -0.1) is 23.5 Å². The Morgan fingerprint density at radius 2 is 1.95 bits per heavy atom. The molecule has 2 aromatic rings. The van der Waals surface area contributed by atoms with Crippen molar-refractivity contribution < 1.29 is 9.21 Å². The number of hydrogen-bond acceptors (Lipinski definition) is 4. The van der Waals surface area contributed by atoms with Gasteiger partial charge in [0.15, 0.2) is 0 Å². The molecule has 0 radical (unpaired) electrons. The summed E-state index contributed by atoms with van der Waals surface area (Å²) in [7, 11) is 0. The summed E-state index contributed by atoms with van der Waals surface area (Å²) >= 11 is 3.98. The second-order valence-electron chi connectivity index (χ2n) is 5.26. The molecule has 1 aliphatic heterocycles. The summed E-state index contributed by atoms with van der Waals surface area (Å²) < 4.78 is 5.82. The molecule has 1 aliphatic rings. The maximum Gasteiger partial charge on any atom is 0.251 e. The molecule has 116 valence electrons. The maximum atomic E-state index is 12.3. The minimum Gasteiger partial charge on any atom is -0.467 e. The number of hydrogen-bond donors (Lipinski definition) is 1. The molecule has 1 aromatic carbocycles. The van der Waals surface area contributed by atoms with Crippen molar-refractivity contribution in [3.8, 4) is 0 Å². The maximum absolute atomic E-state index is 12.3. The van der Waals surface area contributed by atoms with Crippen LogP contribution in [-0.4, -0.2) is 17.4 Å². The third kappa shape index (κ3) is 3.70. The Kier molecular flexibility index (Phi) is 5.16. The number of amides is 1. The number of carbonyl (C=O) groups is 1. The van der Waals surface area contributed by atoms with Gasteiger partial charge in [-0.05, 0) is 54.7 Å². The average Bonchev–Trinajstić information content (AvgIpc) is 3.10. The van der Waals surface area contributed by atoms with E-state index >= 15 is 0 Å². The molecule has 1 fully saturated rings. The predicted octanol–water partition coefficient (Wildman–Crippen LogP) is 4.64. The van der Waals surface area contributed by atoms with E-state index in [1.54, 1.807) is 6.26 Å². The lowest BCUT2D eigenvalue weighted by molar-refractivity contribution is 0.0935. The fourth-order valence-electron chi connectivity index (χ4n) is 2.36. The second-order valence-corrected chi connectivity index (χ2v) is 7.98. The van der Waals surface area contributed by atoms with Gasteiger partial charge in [-0.1, -0.05) is 12.1 Å². The van der Waals surface area contributed by atoms with Gasteiger partial charge in [-0.2, -0.15) is 0 Å². The van der Waals surface area contributed by atoms with E-state index in [2.05, 4.69) is 17.4 Å². The molecule has 0 aliphatic carbocycles. The molecule has 2 heterocycles. The Bertz CT molecular complexity index is 604. The molecule has 0 bridgehead atoms. The van der Waals surface area contributed by atoms with E-state index in [0.29, 0.717) is 10.1 Å².